The molecule has 0 aliphatic rings. The Bertz CT molecular complexity index is 1290. The van der Waals surface area contributed by atoms with Gasteiger partial charge in [0.25, 0.3) is 0 Å². The quantitative estimate of drug-likeness (QED) is 0.280. The first-order valence-electron chi connectivity index (χ1n) is 9.14. The molecule has 0 aliphatic heterocycles. The number of aryl methyl sites for hydroxylation is 2. The van der Waals surface area contributed by atoms with Crippen LogP contribution < -0.4 is 0 Å². The summed E-state index contributed by atoms with van der Waals surface area (Å²) in [7, 11) is 0. The van der Waals surface area contributed by atoms with E-state index in [1.165, 1.54) is 54.6 Å². The molecular formula is C26H20. The minimum Gasteiger partial charge on any atom is -0.0616 e. The summed E-state index contributed by atoms with van der Waals surface area (Å²) in [5.41, 5.74) is 5.39. The van der Waals surface area contributed by atoms with Crippen molar-refractivity contribution in [2.24, 2.45) is 0 Å². The third-order valence-corrected chi connectivity index (χ3v) is 5.56. The second-order valence-corrected chi connectivity index (χ2v) is 7.10. The standard InChI is InChI=1S/C26H20/c1-17-16-25-21(15-14-20-9-4-6-12-23(20)25)18(2)26(17)24-13-7-10-19-8-3-5-11-22(19)24/h3-16H,1-2H3. The molecule has 0 N–H and O–H groups in total. The van der Waals surface area contributed by atoms with Gasteiger partial charge in [-0.3, -0.25) is 0 Å². The molecule has 124 valence electrons. The van der Waals surface area contributed by atoms with Crippen molar-refractivity contribution in [1.82, 2.24) is 0 Å². The SMILES string of the molecule is Cc1cc2c(ccc3ccccc32)c(C)c1-c1cccc2ccccc12. The Hall–Kier alpha value is -3.12. The van der Waals surface area contributed by atoms with Gasteiger partial charge >= 0.3 is 0 Å². The van der Waals surface area contributed by atoms with E-state index in [0.717, 1.165) is 0 Å². The van der Waals surface area contributed by atoms with E-state index in [0.29, 0.717) is 0 Å². The number of fused-ring (bicyclic) bond motifs is 4. The maximum atomic E-state index is 2.36. The maximum absolute atomic E-state index is 2.36. The zero-order valence-corrected chi connectivity index (χ0v) is 15.1. The lowest BCUT2D eigenvalue weighted by atomic mass is 9.87. The number of rotatable bonds is 1. The highest BCUT2D eigenvalue weighted by Crippen LogP contribution is 2.38. The van der Waals surface area contributed by atoms with Crippen LogP contribution >= 0.6 is 0 Å². The summed E-state index contributed by atoms with van der Waals surface area (Å²) in [6, 6.07) is 30.8. The third-order valence-electron chi connectivity index (χ3n) is 5.56. The van der Waals surface area contributed by atoms with E-state index in [4.69, 9.17) is 0 Å². The number of hydrogen-bond donors (Lipinski definition) is 0. The molecule has 0 bridgehead atoms. The number of hydrogen-bond acceptors (Lipinski definition) is 0. The Morgan fingerprint density at radius 1 is 0.500 bits per heavy atom. The van der Waals surface area contributed by atoms with Crippen LogP contribution in [0.25, 0.3) is 43.4 Å². The van der Waals surface area contributed by atoms with Gasteiger partial charge in [-0.1, -0.05) is 84.9 Å². The molecule has 0 heteroatoms. The van der Waals surface area contributed by atoms with Gasteiger partial charge in [-0.15, -0.1) is 0 Å². The van der Waals surface area contributed by atoms with E-state index in [1.54, 1.807) is 0 Å². The van der Waals surface area contributed by atoms with E-state index in [1.807, 2.05) is 0 Å². The van der Waals surface area contributed by atoms with Crippen molar-refractivity contribution in [2.75, 3.05) is 0 Å². The lowest BCUT2D eigenvalue weighted by Gasteiger charge is -2.17. The van der Waals surface area contributed by atoms with Crippen molar-refractivity contribution in [2.45, 2.75) is 13.8 Å². The first-order valence-corrected chi connectivity index (χ1v) is 9.14. The first kappa shape index (κ1) is 15.2. The second-order valence-electron chi connectivity index (χ2n) is 7.10. The largest absolute Gasteiger partial charge is 0.0616 e. The topological polar surface area (TPSA) is 0 Å². The molecule has 5 aromatic carbocycles. The van der Waals surface area contributed by atoms with Crippen LogP contribution in [-0.4, -0.2) is 0 Å². The van der Waals surface area contributed by atoms with Gasteiger partial charge in [-0.2, -0.15) is 0 Å². The Kier molecular flexibility index (Phi) is 3.33. The minimum atomic E-state index is 1.29. The molecule has 0 amide bonds. The van der Waals surface area contributed by atoms with Crippen LogP contribution in [0.2, 0.25) is 0 Å². The van der Waals surface area contributed by atoms with Crippen molar-refractivity contribution in [3.8, 4) is 11.1 Å². The van der Waals surface area contributed by atoms with Crippen LogP contribution in [-0.2, 0) is 0 Å². The summed E-state index contributed by atoms with van der Waals surface area (Å²) in [6.45, 7) is 4.51. The molecule has 0 unspecified atom stereocenters. The van der Waals surface area contributed by atoms with Gasteiger partial charge in [0.2, 0.25) is 0 Å². The molecule has 0 fully saturated rings. The van der Waals surface area contributed by atoms with E-state index >= 15 is 0 Å². The highest BCUT2D eigenvalue weighted by Gasteiger charge is 2.13. The molecular weight excluding hydrogens is 312 g/mol. The normalized spacial score (nSPS) is 11.5. The van der Waals surface area contributed by atoms with Crippen LogP contribution in [0.3, 0.4) is 0 Å². The van der Waals surface area contributed by atoms with Gasteiger partial charge in [-0.25, -0.2) is 0 Å². The Morgan fingerprint density at radius 2 is 1.15 bits per heavy atom. The second kappa shape index (κ2) is 5.71. The van der Waals surface area contributed by atoms with E-state index in [9.17, 15) is 0 Å². The van der Waals surface area contributed by atoms with Gasteiger partial charge < -0.3 is 0 Å². The molecule has 0 spiro atoms. The molecule has 0 nitrogen and oxygen atoms in total. The summed E-state index contributed by atoms with van der Waals surface area (Å²) in [5, 5.41) is 7.94. The average molecular weight is 332 g/mol. The molecule has 0 aliphatic carbocycles. The van der Waals surface area contributed by atoms with Crippen molar-refractivity contribution in [3.63, 3.8) is 0 Å². The smallest absolute Gasteiger partial charge is 0.00997 e. The van der Waals surface area contributed by atoms with E-state index in [2.05, 4.69) is 98.8 Å². The van der Waals surface area contributed by atoms with Gasteiger partial charge in [0.1, 0.15) is 0 Å². The predicted octanol–water partition coefficient (Wildman–Crippen LogP) is 7.43. The molecule has 0 heterocycles. The van der Waals surface area contributed by atoms with Crippen molar-refractivity contribution in [1.29, 1.82) is 0 Å². The number of benzene rings is 5. The zero-order valence-electron chi connectivity index (χ0n) is 15.1. The highest BCUT2D eigenvalue weighted by atomic mass is 14.2. The Morgan fingerprint density at radius 3 is 1.96 bits per heavy atom. The summed E-state index contributed by atoms with van der Waals surface area (Å²) in [6.07, 6.45) is 0. The fourth-order valence-corrected chi connectivity index (χ4v) is 4.36. The summed E-state index contributed by atoms with van der Waals surface area (Å²) >= 11 is 0. The van der Waals surface area contributed by atoms with E-state index < -0.39 is 0 Å². The molecule has 0 atom stereocenters. The van der Waals surface area contributed by atoms with E-state index in [-0.39, 0.29) is 0 Å². The van der Waals surface area contributed by atoms with Crippen LogP contribution in [0, 0.1) is 13.8 Å². The van der Waals surface area contributed by atoms with Crippen LogP contribution in [0.1, 0.15) is 11.1 Å². The Labute approximate surface area is 153 Å². The predicted molar refractivity (Wildman–Crippen MR) is 114 cm³/mol. The molecule has 0 radical (unpaired) electrons. The lowest BCUT2D eigenvalue weighted by molar-refractivity contribution is 1.43. The van der Waals surface area contributed by atoms with Crippen molar-refractivity contribution in [3.05, 3.63) is 96.1 Å². The van der Waals surface area contributed by atoms with Gasteiger partial charge in [0.05, 0.1) is 0 Å². The molecule has 0 saturated carbocycles. The van der Waals surface area contributed by atoms with Crippen molar-refractivity contribution >= 4 is 32.3 Å². The third kappa shape index (κ3) is 2.16. The molecule has 5 aromatic rings. The van der Waals surface area contributed by atoms with Crippen LogP contribution in [0.5, 0.6) is 0 Å². The van der Waals surface area contributed by atoms with Gasteiger partial charge in [0.15, 0.2) is 0 Å². The first-order chi connectivity index (χ1) is 12.7. The van der Waals surface area contributed by atoms with Crippen molar-refractivity contribution < 1.29 is 0 Å². The summed E-state index contributed by atoms with van der Waals surface area (Å²) < 4.78 is 0. The van der Waals surface area contributed by atoms with Crippen LogP contribution in [0.15, 0.2) is 84.9 Å². The fraction of sp³-hybridized carbons (Fsp3) is 0.0769. The fourth-order valence-electron chi connectivity index (χ4n) is 4.36. The molecule has 0 aromatic heterocycles. The zero-order chi connectivity index (χ0) is 17.7. The molecule has 5 rings (SSSR count). The van der Waals surface area contributed by atoms with Gasteiger partial charge in [-0.05, 0) is 68.4 Å². The minimum absolute atomic E-state index is 1.29. The molecule has 26 heavy (non-hydrogen) atoms. The summed E-state index contributed by atoms with van der Waals surface area (Å²) in [5.74, 6) is 0. The molecule has 0 saturated heterocycles. The summed E-state index contributed by atoms with van der Waals surface area (Å²) in [4.78, 5) is 0. The van der Waals surface area contributed by atoms with Gasteiger partial charge in [0, 0.05) is 0 Å². The average Bonchev–Trinajstić information content (AvgIpc) is 2.68. The maximum Gasteiger partial charge on any atom is -0.00997 e. The monoisotopic (exact) mass is 332 g/mol. The Balaban J connectivity index is 1.91. The van der Waals surface area contributed by atoms with Crippen LogP contribution in [0.4, 0.5) is 0 Å². The highest BCUT2D eigenvalue weighted by molar-refractivity contribution is 6.11. The lowest BCUT2D eigenvalue weighted by Crippen LogP contribution is -1.92.